The van der Waals surface area contributed by atoms with Crippen LogP contribution < -0.4 is 15.4 Å². The lowest BCUT2D eigenvalue weighted by molar-refractivity contribution is -0.143. The third-order valence-corrected chi connectivity index (χ3v) is 5.49. The number of nitrogens with one attached hydrogen (secondary N) is 2. The zero-order chi connectivity index (χ0) is 24.0. The molecular weight excluding hydrogens is 416 g/mol. The molecule has 1 aliphatic heterocycles. The number of esters is 1. The van der Waals surface area contributed by atoms with E-state index in [0.29, 0.717) is 29.4 Å². The second kappa shape index (κ2) is 11.0. The summed E-state index contributed by atoms with van der Waals surface area (Å²) in [4.78, 5) is 25.3. The van der Waals surface area contributed by atoms with Gasteiger partial charge in [0.05, 0.1) is 17.7 Å². The number of benzene rings is 2. The van der Waals surface area contributed by atoms with Crippen molar-refractivity contribution in [2.45, 2.75) is 71.9 Å². The lowest BCUT2D eigenvalue weighted by Gasteiger charge is -2.30. The maximum absolute atomic E-state index is 13.0. The maximum atomic E-state index is 13.0. The Morgan fingerprint density at radius 3 is 2.12 bits per heavy atom. The monoisotopic (exact) mass is 450 g/mol. The number of amides is 2. The topological polar surface area (TPSA) is 76.7 Å². The molecule has 1 unspecified atom stereocenters. The molecule has 2 N–H and O–H groups in total. The second-order valence-corrected chi connectivity index (χ2v) is 8.88. The van der Waals surface area contributed by atoms with Gasteiger partial charge in [-0.1, -0.05) is 51.5 Å². The summed E-state index contributed by atoms with van der Waals surface area (Å²) in [6.07, 6.45) is 2.17. The van der Waals surface area contributed by atoms with Gasteiger partial charge in [0.1, 0.15) is 11.5 Å². The van der Waals surface area contributed by atoms with Crippen LogP contribution in [0.25, 0.3) is 0 Å². The molecule has 3 rings (SSSR count). The molecule has 0 fully saturated rings. The molecule has 0 aliphatic carbocycles. The molecule has 176 valence electrons. The van der Waals surface area contributed by atoms with Crippen LogP contribution in [0.5, 0.6) is 11.5 Å². The number of urea groups is 1. The van der Waals surface area contributed by atoms with E-state index >= 15 is 0 Å². The summed E-state index contributed by atoms with van der Waals surface area (Å²) in [5.41, 5.74) is 3.12. The van der Waals surface area contributed by atoms with Crippen LogP contribution in [0.15, 0.2) is 59.8 Å². The third-order valence-electron chi connectivity index (χ3n) is 5.49. The van der Waals surface area contributed by atoms with Gasteiger partial charge < -0.3 is 20.1 Å². The predicted octanol–water partition coefficient (Wildman–Crippen LogP) is 6.35. The number of rotatable bonds is 9. The van der Waals surface area contributed by atoms with E-state index in [-0.39, 0.29) is 12.1 Å². The van der Waals surface area contributed by atoms with Crippen molar-refractivity contribution < 1.29 is 19.1 Å². The summed E-state index contributed by atoms with van der Waals surface area (Å²) in [6, 6.07) is 14.6. The summed E-state index contributed by atoms with van der Waals surface area (Å²) >= 11 is 0. The minimum atomic E-state index is -0.587. The minimum Gasteiger partial charge on any atom is -0.459 e. The van der Waals surface area contributed by atoms with Crippen molar-refractivity contribution in [3.05, 3.63) is 70.9 Å². The molecule has 0 radical (unpaired) electrons. The molecule has 2 aromatic rings. The number of hydrogen-bond donors (Lipinski definition) is 2. The van der Waals surface area contributed by atoms with E-state index < -0.39 is 12.0 Å². The molecule has 0 aromatic heterocycles. The van der Waals surface area contributed by atoms with E-state index in [1.807, 2.05) is 50.2 Å². The number of unbranched alkanes of at least 4 members (excludes halogenated alkanes) is 1. The van der Waals surface area contributed by atoms with Gasteiger partial charge in [0.15, 0.2) is 0 Å². The lowest BCUT2D eigenvalue weighted by atomic mass is 9.93. The van der Waals surface area contributed by atoms with Crippen molar-refractivity contribution in [2.75, 3.05) is 0 Å². The van der Waals surface area contributed by atoms with Crippen LogP contribution in [0.1, 0.15) is 77.0 Å². The highest BCUT2D eigenvalue weighted by atomic mass is 16.5. The fourth-order valence-corrected chi connectivity index (χ4v) is 3.72. The van der Waals surface area contributed by atoms with E-state index in [1.165, 1.54) is 5.56 Å². The Labute approximate surface area is 196 Å². The quantitative estimate of drug-likeness (QED) is 0.436. The molecule has 0 spiro atoms. The minimum absolute atomic E-state index is 0.256. The predicted molar refractivity (Wildman–Crippen MR) is 129 cm³/mol. The Morgan fingerprint density at radius 2 is 1.58 bits per heavy atom. The molecular formula is C27H34N2O4. The van der Waals surface area contributed by atoms with Crippen molar-refractivity contribution >= 4 is 12.0 Å². The second-order valence-electron chi connectivity index (χ2n) is 8.88. The van der Waals surface area contributed by atoms with Gasteiger partial charge in [0.25, 0.3) is 0 Å². The van der Waals surface area contributed by atoms with Crippen molar-refractivity contribution in [1.29, 1.82) is 0 Å². The molecule has 6 heteroatoms. The smallest absolute Gasteiger partial charge is 0.338 e. The van der Waals surface area contributed by atoms with Gasteiger partial charge >= 0.3 is 12.0 Å². The standard InChI is InChI=1S/C27H34N2O4/c1-6-7-8-23-24(26(30)32-18(4)5)25(29-27(31)28-23)20-11-15-22(16-12-20)33-21-13-9-19(10-14-21)17(2)3/h9-18,25H,6-8H2,1-5H3,(H2,28,29,31). The van der Waals surface area contributed by atoms with Crippen LogP contribution in [0, 0.1) is 0 Å². The number of hydrogen-bond acceptors (Lipinski definition) is 4. The fraction of sp³-hybridized carbons (Fsp3) is 0.407. The first kappa shape index (κ1) is 24.4. The molecule has 2 aromatic carbocycles. The highest BCUT2D eigenvalue weighted by Crippen LogP contribution is 2.32. The van der Waals surface area contributed by atoms with E-state index in [4.69, 9.17) is 9.47 Å². The van der Waals surface area contributed by atoms with Gasteiger partial charge in [-0.25, -0.2) is 9.59 Å². The Hall–Kier alpha value is -3.28. The zero-order valence-electron chi connectivity index (χ0n) is 20.1. The van der Waals surface area contributed by atoms with Crippen LogP contribution in [0.4, 0.5) is 4.79 Å². The van der Waals surface area contributed by atoms with Crippen LogP contribution in [-0.2, 0) is 9.53 Å². The van der Waals surface area contributed by atoms with E-state index in [0.717, 1.165) is 24.2 Å². The first-order chi connectivity index (χ1) is 15.8. The van der Waals surface area contributed by atoms with Gasteiger partial charge in [0, 0.05) is 5.70 Å². The average Bonchev–Trinajstić information content (AvgIpc) is 2.77. The van der Waals surface area contributed by atoms with Crippen molar-refractivity contribution in [3.8, 4) is 11.5 Å². The molecule has 0 bridgehead atoms. The van der Waals surface area contributed by atoms with Gasteiger partial charge in [0.2, 0.25) is 0 Å². The molecule has 2 amide bonds. The summed E-state index contributed by atoms with van der Waals surface area (Å²) in [7, 11) is 0. The lowest BCUT2D eigenvalue weighted by Crippen LogP contribution is -2.46. The Bertz CT molecular complexity index is 992. The van der Waals surface area contributed by atoms with Gasteiger partial charge in [-0.2, -0.15) is 0 Å². The summed E-state index contributed by atoms with van der Waals surface area (Å²) in [5, 5.41) is 5.70. The average molecular weight is 451 g/mol. The molecule has 0 saturated carbocycles. The summed E-state index contributed by atoms with van der Waals surface area (Å²) in [5.74, 6) is 1.48. The molecule has 6 nitrogen and oxygen atoms in total. The highest BCUT2D eigenvalue weighted by Gasteiger charge is 2.33. The molecule has 1 aliphatic rings. The first-order valence-corrected chi connectivity index (χ1v) is 11.7. The number of carbonyl (C=O) groups is 2. The zero-order valence-corrected chi connectivity index (χ0v) is 20.1. The largest absolute Gasteiger partial charge is 0.459 e. The Balaban J connectivity index is 1.85. The summed E-state index contributed by atoms with van der Waals surface area (Å²) in [6.45, 7) is 10.0. The SMILES string of the molecule is CCCCC1=C(C(=O)OC(C)C)C(c2ccc(Oc3ccc(C(C)C)cc3)cc2)NC(=O)N1. The van der Waals surface area contributed by atoms with Crippen LogP contribution in [-0.4, -0.2) is 18.1 Å². The van der Waals surface area contributed by atoms with E-state index in [1.54, 1.807) is 0 Å². The molecule has 33 heavy (non-hydrogen) atoms. The first-order valence-electron chi connectivity index (χ1n) is 11.7. The van der Waals surface area contributed by atoms with Crippen LogP contribution >= 0.6 is 0 Å². The van der Waals surface area contributed by atoms with Gasteiger partial charge in [-0.15, -0.1) is 0 Å². The Morgan fingerprint density at radius 1 is 0.970 bits per heavy atom. The molecule has 1 atom stereocenters. The Kier molecular flexibility index (Phi) is 8.15. The summed E-state index contributed by atoms with van der Waals surface area (Å²) < 4.78 is 11.5. The molecule has 1 heterocycles. The van der Waals surface area contributed by atoms with Gasteiger partial charge in [-0.3, -0.25) is 0 Å². The normalized spacial score (nSPS) is 16.0. The number of allylic oxidation sites excluding steroid dienone is 1. The van der Waals surface area contributed by atoms with E-state index in [9.17, 15) is 9.59 Å². The maximum Gasteiger partial charge on any atom is 0.338 e. The van der Waals surface area contributed by atoms with E-state index in [2.05, 4.69) is 43.5 Å². The molecule has 0 saturated heterocycles. The highest BCUT2D eigenvalue weighted by molar-refractivity contribution is 5.95. The third kappa shape index (κ3) is 6.37. The fourth-order valence-electron chi connectivity index (χ4n) is 3.72. The van der Waals surface area contributed by atoms with Gasteiger partial charge in [-0.05, 0) is 68.0 Å². The van der Waals surface area contributed by atoms with Crippen molar-refractivity contribution in [1.82, 2.24) is 10.6 Å². The van der Waals surface area contributed by atoms with Crippen molar-refractivity contribution in [2.24, 2.45) is 0 Å². The van der Waals surface area contributed by atoms with Crippen LogP contribution in [0.2, 0.25) is 0 Å². The number of ether oxygens (including phenoxy) is 2. The van der Waals surface area contributed by atoms with Crippen molar-refractivity contribution in [3.63, 3.8) is 0 Å². The van der Waals surface area contributed by atoms with Crippen LogP contribution in [0.3, 0.4) is 0 Å². The number of carbonyl (C=O) groups excluding carboxylic acids is 2.